The van der Waals surface area contributed by atoms with Crippen LogP contribution in [0.4, 0.5) is 0 Å². The molecule has 0 saturated carbocycles. The molecule has 1 aromatic heterocycles. The van der Waals surface area contributed by atoms with E-state index in [0.29, 0.717) is 17.8 Å². The van der Waals surface area contributed by atoms with E-state index in [1.807, 2.05) is 6.92 Å². The van der Waals surface area contributed by atoms with Gasteiger partial charge in [0.05, 0.1) is 0 Å². The number of rotatable bonds is 13. The second-order valence-corrected chi connectivity index (χ2v) is 14.5. The fraction of sp³-hybridized carbons (Fsp3) is 0.600. The third kappa shape index (κ3) is 7.20. The lowest BCUT2D eigenvalue weighted by atomic mass is 9.81. The molecule has 19 heteroatoms. The molecule has 4 rings (SSSR count). The summed E-state index contributed by atoms with van der Waals surface area (Å²) in [5, 5.41) is 23.3. The number of aromatic nitrogens is 4. The Hall–Kier alpha value is -2.37. The van der Waals surface area contributed by atoms with E-state index in [-0.39, 0.29) is 30.0 Å². The van der Waals surface area contributed by atoms with Gasteiger partial charge in [-0.1, -0.05) is 60.3 Å². The minimum Gasteiger partial charge on any atom is -0.477 e. The number of ether oxygens (including phenoxy) is 2. The maximum Gasteiger partial charge on any atom is 0.352 e. The predicted molar refractivity (Wildman–Crippen MR) is 162 cm³/mol. The maximum absolute atomic E-state index is 13.7. The van der Waals surface area contributed by atoms with Gasteiger partial charge in [-0.3, -0.25) is 24.1 Å². The zero-order valence-corrected chi connectivity index (χ0v) is 27.4. The molecule has 3 unspecified atom stereocenters. The monoisotopic (exact) mass is 710 g/mol. The Balaban J connectivity index is 1.56. The molecule has 3 aliphatic rings. The standard InChI is InChI=1S/C25H29Cl3N6O8S2/c1-3-4-9-16-30-31-32-34(16)44-11-13-10-43-23-25(41-2,22(40)33(23)18(13)20(37)38)29-19(36)17(14-7-5-6-8-15(14)35)21(39)42-12-24(26,27)28/h5-6,14,17,23H,3-4,7-12H2,1-2H3,(H,29,36)(H,37,38)/t14?,17?,23-,25?/m0/s1. The molecule has 0 spiro atoms. The molecule has 1 saturated heterocycles. The molecule has 0 bridgehead atoms. The van der Waals surface area contributed by atoms with E-state index in [1.54, 1.807) is 12.2 Å². The number of carbonyl (C=O) groups is 5. The Kier molecular flexibility index (Phi) is 11.3. The SMILES string of the molecule is CCCCc1nnnn1SCC1=C(C(=O)O)N2C(=O)C(NC(=O)C(C(=O)OCC(Cl)(Cl)Cl)C3CC=CCC3=O)(OC)[C@@H]2SC1. The number of nitrogens with zero attached hydrogens (tertiary/aromatic N) is 5. The fourth-order valence-corrected chi connectivity index (χ4v) is 7.59. The van der Waals surface area contributed by atoms with Gasteiger partial charge in [0, 0.05) is 37.4 Å². The number of amides is 2. The van der Waals surface area contributed by atoms with Crippen molar-refractivity contribution in [2.45, 2.75) is 53.9 Å². The molecule has 0 aromatic carbocycles. The molecule has 0 radical (unpaired) electrons. The van der Waals surface area contributed by atoms with Crippen molar-refractivity contribution in [3.8, 4) is 0 Å². The van der Waals surface area contributed by atoms with Crippen LogP contribution in [0.15, 0.2) is 23.4 Å². The zero-order chi connectivity index (χ0) is 32.2. The first-order chi connectivity index (χ1) is 20.8. The van der Waals surface area contributed by atoms with Crippen LogP contribution < -0.4 is 5.32 Å². The van der Waals surface area contributed by atoms with Gasteiger partial charge >= 0.3 is 11.9 Å². The number of methoxy groups -OCH3 is 1. The summed E-state index contributed by atoms with van der Waals surface area (Å²) < 4.78 is 10.1. The van der Waals surface area contributed by atoms with Gasteiger partial charge in [-0.2, -0.15) is 4.09 Å². The molecule has 1 aliphatic carbocycles. The number of hydrogen-bond acceptors (Lipinski definition) is 12. The number of unbranched alkanes of at least 4 members (excludes halogenated alkanes) is 1. The van der Waals surface area contributed by atoms with Crippen LogP contribution in [-0.4, -0.2) is 99.3 Å². The van der Waals surface area contributed by atoms with E-state index in [4.69, 9.17) is 44.3 Å². The number of fused-ring (bicyclic) bond motifs is 1. The van der Waals surface area contributed by atoms with Crippen LogP contribution in [0.3, 0.4) is 0 Å². The molecular formula is C25H29Cl3N6O8S2. The number of aryl methyl sites for hydroxylation is 1. The molecule has 240 valence electrons. The number of alkyl halides is 3. The molecule has 1 fully saturated rings. The van der Waals surface area contributed by atoms with Crippen LogP contribution in [0.2, 0.25) is 0 Å². The number of hydrogen-bond donors (Lipinski definition) is 2. The first-order valence-electron chi connectivity index (χ1n) is 13.4. The van der Waals surface area contributed by atoms with Crippen LogP contribution in [0.25, 0.3) is 0 Å². The summed E-state index contributed by atoms with van der Waals surface area (Å²) in [7, 11) is 1.17. The summed E-state index contributed by atoms with van der Waals surface area (Å²) >= 11 is 19.5. The number of nitrogens with one attached hydrogen (secondary N) is 1. The van der Waals surface area contributed by atoms with Gasteiger partial charge in [-0.05, 0) is 40.8 Å². The normalized spacial score (nSPS) is 24.1. The number of tetrazole rings is 1. The molecular weight excluding hydrogens is 683 g/mol. The minimum absolute atomic E-state index is 0.00883. The maximum atomic E-state index is 13.7. The molecule has 44 heavy (non-hydrogen) atoms. The summed E-state index contributed by atoms with van der Waals surface area (Å²) in [4.78, 5) is 66.5. The Bertz CT molecular complexity index is 1390. The van der Waals surface area contributed by atoms with Gasteiger partial charge < -0.3 is 19.9 Å². The van der Waals surface area contributed by atoms with Gasteiger partial charge in [-0.25, -0.2) is 4.79 Å². The van der Waals surface area contributed by atoms with E-state index < -0.39 is 62.9 Å². The Labute approximate surface area is 275 Å². The zero-order valence-electron chi connectivity index (χ0n) is 23.5. The minimum atomic E-state index is -2.02. The number of carboxylic acids is 1. The summed E-state index contributed by atoms with van der Waals surface area (Å²) in [6.45, 7) is 1.36. The lowest BCUT2D eigenvalue weighted by molar-refractivity contribution is -0.194. The molecule has 2 amide bonds. The third-order valence-electron chi connectivity index (χ3n) is 7.17. The van der Waals surface area contributed by atoms with Crippen molar-refractivity contribution in [3.05, 3.63) is 29.2 Å². The number of β-lactam (4-membered cyclic amide) rings is 1. The highest BCUT2D eigenvalue weighted by Gasteiger charge is 2.67. The van der Waals surface area contributed by atoms with Crippen LogP contribution in [0, 0.1) is 11.8 Å². The molecule has 2 aliphatic heterocycles. The van der Waals surface area contributed by atoms with Crippen LogP contribution in [0.5, 0.6) is 0 Å². The number of carboxylic acid groups (broad SMARTS) is 1. The highest BCUT2D eigenvalue weighted by Crippen LogP contribution is 2.47. The van der Waals surface area contributed by atoms with Crippen LogP contribution in [-0.2, 0) is 39.9 Å². The number of esters is 1. The second-order valence-electron chi connectivity index (χ2n) is 10.1. The van der Waals surface area contributed by atoms with Gasteiger partial charge in [0.2, 0.25) is 9.70 Å². The average Bonchev–Trinajstić information content (AvgIpc) is 3.43. The molecule has 4 atom stereocenters. The van der Waals surface area contributed by atoms with Crippen molar-refractivity contribution in [2.75, 3.05) is 25.2 Å². The summed E-state index contributed by atoms with van der Waals surface area (Å²) in [6.07, 6.45) is 5.80. The average molecular weight is 712 g/mol. The first-order valence-corrected chi connectivity index (χ1v) is 16.6. The van der Waals surface area contributed by atoms with Gasteiger partial charge in [-0.15, -0.1) is 16.9 Å². The molecule has 14 nitrogen and oxygen atoms in total. The largest absolute Gasteiger partial charge is 0.477 e. The van der Waals surface area contributed by atoms with Crippen molar-refractivity contribution < 1.29 is 38.6 Å². The first kappa shape index (κ1) is 34.5. The highest BCUT2D eigenvalue weighted by atomic mass is 35.6. The van der Waals surface area contributed by atoms with E-state index in [9.17, 15) is 29.1 Å². The lowest BCUT2D eigenvalue weighted by Crippen LogP contribution is -2.81. The van der Waals surface area contributed by atoms with Gasteiger partial charge in [0.1, 0.15) is 29.4 Å². The number of ketones is 1. The quantitative estimate of drug-likeness (QED) is 0.0760. The lowest BCUT2D eigenvalue weighted by Gasteiger charge is -2.56. The number of thioether (sulfide) groups is 1. The summed E-state index contributed by atoms with van der Waals surface area (Å²) in [5.41, 5.74) is -1.83. The topological polar surface area (TPSA) is 183 Å². The van der Waals surface area contributed by atoms with Gasteiger partial charge in [0.25, 0.3) is 11.6 Å². The Morgan fingerprint density at radius 3 is 2.68 bits per heavy atom. The number of halogens is 3. The van der Waals surface area contributed by atoms with Crippen molar-refractivity contribution >= 4 is 88.0 Å². The summed E-state index contributed by atoms with van der Waals surface area (Å²) in [5.74, 6) is -6.54. The number of aliphatic carboxylic acids is 1. The Morgan fingerprint density at radius 2 is 2.05 bits per heavy atom. The second kappa shape index (κ2) is 14.4. The van der Waals surface area contributed by atoms with E-state index in [1.165, 1.54) is 34.9 Å². The van der Waals surface area contributed by atoms with E-state index in [0.717, 1.165) is 17.7 Å². The third-order valence-corrected chi connectivity index (χ3v) is 9.87. The Morgan fingerprint density at radius 1 is 1.30 bits per heavy atom. The summed E-state index contributed by atoms with van der Waals surface area (Å²) in [6, 6.07) is 0. The molecule has 3 heterocycles. The van der Waals surface area contributed by atoms with Crippen molar-refractivity contribution in [2.24, 2.45) is 11.8 Å². The highest BCUT2D eigenvalue weighted by molar-refractivity contribution is 8.00. The smallest absolute Gasteiger partial charge is 0.352 e. The predicted octanol–water partition coefficient (Wildman–Crippen LogP) is 2.29. The number of allylic oxidation sites excluding steroid dienone is 2. The van der Waals surface area contributed by atoms with E-state index >= 15 is 0 Å². The van der Waals surface area contributed by atoms with Gasteiger partial charge in [0.15, 0.2) is 5.82 Å². The van der Waals surface area contributed by atoms with Crippen LogP contribution in [0.1, 0.15) is 38.4 Å². The van der Waals surface area contributed by atoms with E-state index in [2.05, 4.69) is 20.8 Å². The van der Waals surface area contributed by atoms with Crippen molar-refractivity contribution in [3.63, 3.8) is 0 Å². The molecule has 1 aromatic rings. The van der Waals surface area contributed by atoms with Crippen molar-refractivity contribution in [1.29, 1.82) is 0 Å². The number of carbonyl (C=O) groups excluding carboxylic acids is 4. The molecule has 2 N–H and O–H groups in total. The number of Topliss-reactive ketones (excluding diaryl/α,β-unsaturated/α-hetero) is 1. The fourth-order valence-electron chi connectivity index (χ4n) is 4.98. The van der Waals surface area contributed by atoms with Crippen molar-refractivity contribution in [1.82, 2.24) is 29.8 Å². The van der Waals surface area contributed by atoms with Crippen LogP contribution >= 0.6 is 58.5 Å².